The van der Waals surface area contributed by atoms with Crippen LogP contribution in [0.5, 0.6) is 5.75 Å². The summed E-state index contributed by atoms with van der Waals surface area (Å²) >= 11 is 1.32. The van der Waals surface area contributed by atoms with Crippen molar-refractivity contribution in [3.8, 4) is 5.75 Å². The molecular formula is C41H37N3O6S. The maximum Gasteiger partial charge on any atom is 0.335 e. The van der Waals surface area contributed by atoms with E-state index in [4.69, 9.17) is 4.74 Å². The summed E-state index contributed by atoms with van der Waals surface area (Å²) in [5.74, 6) is -1.67. The van der Waals surface area contributed by atoms with Gasteiger partial charge in [-0.3, -0.25) is 14.4 Å². The van der Waals surface area contributed by atoms with E-state index in [0.717, 1.165) is 16.0 Å². The van der Waals surface area contributed by atoms with E-state index in [0.29, 0.717) is 41.3 Å². The Hall–Kier alpha value is -6.13. The summed E-state index contributed by atoms with van der Waals surface area (Å²) in [5, 5.41) is 17.4. The van der Waals surface area contributed by atoms with Crippen LogP contribution in [0.3, 0.4) is 0 Å². The first kappa shape index (κ1) is 36.2. The molecular weight excluding hydrogens is 663 g/mol. The molecule has 0 aliphatic heterocycles. The maximum absolute atomic E-state index is 13.7. The fourth-order valence-electron chi connectivity index (χ4n) is 4.95. The van der Waals surface area contributed by atoms with E-state index in [9.17, 15) is 24.3 Å². The molecule has 1 unspecified atom stereocenters. The van der Waals surface area contributed by atoms with Crippen LogP contribution in [0.2, 0.25) is 0 Å². The first-order valence-corrected chi connectivity index (χ1v) is 17.1. The highest BCUT2D eigenvalue weighted by molar-refractivity contribution is 8.00. The van der Waals surface area contributed by atoms with Crippen LogP contribution in [0, 0.1) is 6.92 Å². The summed E-state index contributed by atoms with van der Waals surface area (Å²) in [5.41, 5.74) is 3.87. The molecule has 3 amide bonds. The molecule has 5 aromatic carbocycles. The van der Waals surface area contributed by atoms with Crippen LogP contribution < -0.4 is 20.7 Å². The number of amides is 3. The van der Waals surface area contributed by atoms with Gasteiger partial charge in [0.25, 0.3) is 11.8 Å². The first-order chi connectivity index (χ1) is 24.7. The van der Waals surface area contributed by atoms with E-state index in [-0.39, 0.29) is 17.2 Å². The lowest BCUT2D eigenvalue weighted by molar-refractivity contribution is -0.116. The van der Waals surface area contributed by atoms with Gasteiger partial charge in [-0.2, -0.15) is 0 Å². The molecule has 0 fully saturated rings. The fraction of sp³-hybridized carbons (Fsp3) is 0.122. The molecule has 0 aliphatic rings. The zero-order chi connectivity index (χ0) is 36.2. The molecule has 10 heteroatoms. The van der Waals surface area contributed by atoms with E-state index in [1.807, 2.05) is 43.3 Å². The van der Waals surface area contributed by atoms with Crippen LogP contribution in [-0.2, 0) is 16.2 Å². The number of carboxylic acid groups (broad SMARTS) is 1. The summed E-state index contributed by atoms with van der Waals surface area (Å²) in [4.78, 5) is 52.2. The molecule has 258 valence electrons. The first-order valence-electron chi connectivity index (χ1n) is 16.3. The Labute approximate surface area is 300 Å². The van der Waals surface area contributed by atoms with Crippen molar-refractivity contribution in [3.63, 3.8) is 0 Å². The molecule has 1 atom stereocenters. The maximum atomic E-state index is 13.7. The lowest BCUT2D eigenvalue weighted by Crippen LogP contribution is -2.30. The zero-order valence-corrected chi connectivity index (χ0v) is 28.9. The van der Waals surface area contributed by atoms with E-state index >= 15 is 0 Å². The number of hydrogen-bond acceptors (Lipinski definition) is 6. The Morgan fingerprint density at radius 3 is 2.18 bits per heavy atom. The van der Waals surface area contributed by atoms with Gasteiger partial charge in [0.15, 0.2) is 0 Å². The number of rotatable bonds is 14. The van der Waals surface area contributed by atoms with Crippen molar-refractivity contribution in [2.24, 2.45) is 0 Å². The average Bonchev–Trinajstić information content (AvgIpc) is 3.14. The Morgan fingerprint density at radius 2 is 1.49 bits per heavy atom. The van der Waals surface area contributed by atoms with Crippen LogP contribution >= 0.6 is 11.8 Å². The zero-order valence-electron chi connectivity index (χ0n) is 28.1. The van der Waals surface area contributed by atoms with E-state index < -0.39 is 23.0 Å². The van der Waals surface area contributed by atoms with E-state index in [2.05, 4.69) is 16.0 Å². The smallest absolute Gasteiger partial charge is 0.335 e. The van der Waals surface area contributed by atoms with Gasteiger partial charge in [-0.05, 0) is 90.7 Å². The fourth-order valence-corrected chi connectivity index (χ4v) is 5.96. The largest absolute Gasteiger partial charge is 0.489 e. The van der Waals surface area contributed by atoms with Crippen molar-refractivity contribution in [2.75, 3.05) is 10.6 Å². The minimum Gasteiger partial charge on any atom is -0.489 e. The molecule has 0 heterocycles. The standard InChI is InChI=1S/C41H37N3O6S/c1-3-37(40(47)43-35-24-31(41(48)49)20-17-27(35)2)51-34-16-10-15-32(25-34)42-39(46)36(44-38(45)30-13-8-5-9-14-30)23-28-18-21-33(22-19-28)50-26-29-11-6-4-7-12-29/h4-25,37H,3,26H2,1-2H3,(H,42,46)(H,43,47)(H,44,45)(H,48,49)/b36-23+. The molecule has 5 rings (SSSR count). The third-order valence-electron chi connectivity index (χ3n) is 7.74. The minimum atomic E-state index is -1.08. The van der Waals surface area contributed by atoms with Crippen LogP contribution in [-0.4, -0.2) is 34.0 Å². The number of aromatic carboxylic acids is 1. The van der Waals surface area contributed by atoms with Gasteiger partial charge in [-0.25, -0.2) is 4.79 Å². The summed E-state index contributed by atoms with van der Waals surface area (Å²) in [7, 11) is 0. The average molecular weight is 700 g/mol. The van der Waals surface area contributed by atoms with Crippen molar-refractivity contribution in [2.45, 2.75) is 37.0 Å². The van der Waals surface area contributed by atoms with Crippen molar-refractivity contribution in [1.82, 2.24) is 5.32 Å². The molecule has 0 aromatic heterocycles. The summed E-state index contributed by atoms with van der Waals surface area (Å²) < 4.78 is 5.89. The van der Waals surface area contributed by atoms with Crippen LogP contribution in [0.15, 0.2) is 138 Å². The Kier molecular flexibility index (Phi) is 12.4. The Bertz CT molecular complexity index is 2030. The monoisotopic (exact) mass is 699 g/mol. The number of benzene rings is 5. The predicted molar refractivity (Wildman–Crippen MR) is 201 cm³/mol. The molecule has 0 radical (unpaired) electrons. The molecule has 0 spiro atoms. The topological polar surface area (TPSA) is 134 Å². The quantitative estimate of drug-likeness (QED) is 0.0679. The van der Waals surface area contributed by atoms with E-state index in [1.54, 1.807) is 91.9 Å². The lowest BCUT2D eigenvalue weighted by Gasteiger charge is -2.17. The van der Waals surface area contributed by atoms with Gasteiger partial charge >= 0.3 is 5.97 Å². The Morgan fingerprint density at radius 1 is 0.784 bits per heavy atom. The molecule has 0 saturated carbocycles. The van der Waals surface area contributed by atoms with Gasteiger partial charge in [0.2, 0.25) is 5.91 Å². The van der Waals surface area contributed by atoms with Gasteiger partial charge in [-0.15, -0.1) is 11.8 Å². The second kappa shape index (κ2) is 17.5. The van der Waals surface area contributed by atoms with Crippen LogP contribution in [0.1, 0.15) is 50.8 Å². The third-order valence-corrected chi connectivity index (χ3v) is 9.10. The second-order valence-corrected chi connectivity index (χ2v) is 12.8. The highest BCUT2D eigenvalue weighted by Gasteiger charge is 2.20. The van der Waals surface area contributed by atoms with Crippen molar-refractivity contribution in [3.05, 3.63) is 161 Å². The van der Waals surface area contributed by atoms with Gasteiger partial charge in [0.1, 0.15) is 18.1 Å². The predicted octanol–water partition coefficient (Wildman–Crippen LogP) is 8.19. The van der Waals surface area contributed by atoms with Gasteiger partial charge in [0.05, 0.1) is 10.8 Å². The normalized spacial score (nSPS) is 11.6. The number of anilines is 2. The number of ether oxygens (including phenoxy) is 1. The molecule has 0 bridgehead atoms. The number of nitrogens with one attached hydrogen (secondary N) is 3. The molecule has 0 saturated heterocycles. The number of carbonyl (C=O) groups excluding carboxylic acids is 3. The molecule has 0 aliphatic carbocycles. The molecule has 4 N–H and O–H groups in total. The molecule has 51 heavy (non-hydrogen) atoms. The highest BCUT2D eigenvalue weighted by Crippen LogP contribution is 2.29. The van der Waals surface area contributed by atoms with Gasteiger partial charge in [-0.1, -0.05) is 79.7 Å². The van der Waals surface area contributed by atoms with Crippen LogP contribution in [0.25, 0.3) is 6.08 Å². The number of hydrogen-bond donors (Lipinski definition) is 4. The van der Waals surface area contributed by atoms with Crippen LogP contribution in [0.4, 0.5) is 11.4 Å². The summed E-state index contributed by atoms with van der Waals surface area (Å²) in [6, 6.07) is 37.3. The number of carboxylic acids is 1. The number of thioether (sulfide) groups is 1. The van der Waals surface area contributed by atoms with Crippen molar-refractivity contribution >= 4 is 52.9 Å². The number of aryl methyl sites for hydroxylation is 1. The minimum absolute atomic E-state index is 0.0321. The lowest BCUT2D eigenvalue weighted by atomic mass is 10.1. The number of carbonyl (C=O) groups is 4. The second-order valence-electron chi connectivity index (χ2n) is 11.5. The molecule has 9 nitrogen and oxygen atoms in total. The van der Waals surface area contributed by atoms with Gasteiger partial charge < -0.3 is 25.8 Å². The summed E-state index contributed by atoms with van der Waals surface area (Å²) in [6.45, 7) is 4.10. The van der Waals surface area contributed by atoms with E-state index in [1.165, 1.54) is 23.9 Å². The SMILES string of the molecule is CCC(Sc1cccc(NC(=O)/C(=C\c2ccc(OCc3ccccc3)cc2)NC(=O)c2ccccc2)c1)C(=O)Nc1cc(C(=O)O)ccc1C. The highest BCUT2D eigenvalue weighted by atomic mass is 32.2. The van der Waals surface area contributed by atoms with Crippen molar-refractivity contribution < 1.29 is 29.0 Å². The van der Waals surface area contributed by atoms with Gasteiger partial charge in [0, 0.05) is 21.8 Å². The molecule has 5 aromatic rings. The summed E-state index contributed by atoms with van der Waals surface area (Å²) in [6.07, 6.45) is 2.09. The van der Waals surface area contributed by atoms with Crippen molar-refractivity contribution in [1.29, 1.82) is 0 Å². The third kappa shape index (κ3) is 10.4. The Balaban J connectivity index is 1.30.